The number of carbonyl (C=O) groups excluding carboxylic acids is 1. The largest absolute Gasteiger partial charge is 0.338 e. The Morgan fingerprint density at radius 3 is 2.94 bits per heavy atom. The highest BCUT2D eigenvalue weighted by Gasteiger charge is 2.28. The topological polar surface area (TPSA) is 20.3 Å². The monoisotopic (exact) mass is 317 g/mol. The molecule has 1 aromatic carbocycles. The van der Waals surface area contributed by atoms with Gasteiger partial charge in [0.25, 0.3) is 0 Å². The van der Waals surface area contributed by atoms with Crippen molar-refractivity contribution in [3.05, 3.63) is 34.1 Å². The van der Waals surface area contributed by atoms with Crippen LogP contribution in [0, 0.1) is 11.7 Å². The summed E-state index contributed by atoms with van der Waals surface area (Å²) in [4.78, 5) is 13.5. The van der Waals surface area contributed by atoms with Gasteiger partial charge in [-0.3, -0.25) is 4.79 Å². The van der Waals surface area contributed by atoms with Crippen molar-refractivity contribution in [2.45, 2.75) is 13.0 Å². The molecule has 0 aromatic heterocycles. The van der Waals surface area contributed by atoms with Gasteiger partial charge in [-0.05, 0) is 35.4 Å². The lowest BCUT2D eigenvalue weighted by Gasteiger charge is -2.17. The number of hydrogen-bond acceptors (Lipinski definition) is 2. The molecular formula is C12H13BrFNOS. The highest BCUT2D eigenvalue weighted by molar-refractivity contribution is 9.10. The Balaban J connectivity index is 2.11. The lowest BCUT2D eigenvalue weighted by Crippen LogP contribution is -2.25. The molecule has 92 valence electrons. The van der Waals surface area contributed by atoms with Gasteiger partial charge in [0, 0.05) is 24.0 Å². The third kappa shape index (κ3) is 3.01. The van der Waals surface area contributed by atoms with E-state index >= 15 is 0 Å². The Labute approximate surface area is 114 Å². The fraction of sp³-hybridized carbons (Fsp3) is 0.417. The maximum Gasteiger partial charge on any atom is 0.223 e. The summed E-state index contributed by atoms with van der Waals surface area (Å²) in [6.07, 6.45) is 0.552. The van der Waals surface area contributed by atoms with Crippen LogP contribution in [0.25, 0.3) is 0 Å². The minimum Gasteiger partial charge on any atom is -0.338 e. The van der Waals surface area contributed by atoms with Crippen LogP contribution in [-0.4, -0.2) is 23.1 Å². The number of halogens is 2. The molecule has 0 saturated carbocycles. The summed E-state index contributed by atoms with van der Waals surface area (Å²) in [6, 6.07) is 4.53. The van der Waals surface area contributed by atoms with Gasteiger partial charge in [0.05, 0.1) is 0 Å². The standard InChI is InChI=1S/C12H13BrFNOS/c13-11-2-1-10(14)4-9(11)6-15-5-8(7-17)3-12(15)16/h1-2,4,8,17H,3,5-7H2. The lowest BCUT2D eigenvalue weighted by atomic mass is 10.1. The second-order valence-corrected chi connectivity index (χ2v) is 5.48. The Bertz CT molecular complexity index is 441. The quantitative estimate of drug-likeness (QED) is 0.850. The predicted molar refractivity (Wildman–Crippen MR) is 71.5 cm³/mol. The zero-order chi connectivity index (χ0) is 12.4. The molecule has 1 unspecified atom stereocenters. The Morgan fingerprint density at radius 2 is 2.29 bits per heavy atom. The SMILES string of the molecule is O=C1CC(CS)CN1Cc1cc(F)ccc1Br. The van der Waals surface area contributed by atoms with E-state index in [-0.39, 0.29) is 11.7 Å². The van der Waals surface area contributed by atoms with E-state index in [1.807, 2.05) is 0 Å². The molecule has 5 heteroatoms. The first-order valence-electron chi connectivity index (χ1n) is 5.42. The molecule has 2 rings (SSSR count). The number of nitrogens with zero attached hydrogens (tertiary/aromatic N) is 1. The van der Waals surface area contributed by atoms with Crippen LogP contribution >= 0.6 is 28.6 Å². The first kappa shape index (κ1) is 12.9. The normalized spacial score (nSPS) is 20.1. The van der Waals surface area contributed by atoms with E-state index in [4.69, 9.17) is 0 Å². The van der Waals surface area contributed by atoms with Crippen LogP contribution < -0.4 is 0 Å². The van der Waals surface area contributed by atoms with Gasteiger partial charge in [0.1, 0.15) is 5.82 Å². The van der Waals surface area contributed by atoms with E-state index in [1.165, 1.54) is 12.1 Å². The van der Waals surface area contributed by atoms with Gasteiger partial charge in [0.2, 0.25) is 5.91 Å². The van der Waals surface area contributed by atoms with Crippen LogP contribution in [0.1, 0.15) is 12.0 Å². The second kappa shape index (κ2) is 5.40. The van der Waals surface area contributed by atoms with Gasteiger partial charge in [0.15, 0.2) is 0 Å². The summed E-state index contributed by atoms with van der Waals surface area (Å²) in [6.45, 7) is 1.17. The molecule has 0 radical (unpaired) electrons. The Hall–Kier alpha value is -0.550. The molecule has 1 atom stereocenters. The summed E-state index contributed by atoms with van der Waals surface area (Å²) in [7, 11) is 0. The number of hydrogen-bond donors (Lipinski definition) is 1. The van der Waals surface area contributed by atoms with Crippen LogP contribution in [0.4, 0.5) is 4.39 Å². The van der Waals surface area contributed by atoms with Gasteiger partial charge in [-0.25, -0.2) is 4.39 Å². The van der Waals surface area contributed by atoms with Crippen molar-refractivity contribution in [2.75, 3.05) is 12.3 Å². The molecule has 0 aliphatic carbocycles. The van der Waals surface area contributed by atoms with Crippen molar-refractivity contribution < 1.29 is 9.18 Å². The number of thiol groups is 1. The molecule has 0 N–H and O–H groups in total. The third-order valence-electron chi connectivity index (χ3n) is 2.92. The third-order valence-corrected chi connectivity index (χ3v) is 4.21. The fourth-order valence-corrected chi connectivity index (χ4v) is 2.62. The van der Waals surface area contributed by atoms with Crippen molar-refractivity contribution >= 4 is 34.5 Å². The van der Waals surface area contributed by atoms with Crippen molar-refractivity contribution in [2.24, 2.45) is 5.92 Å². The van der Waals surface area contributed by atoms with E-state index < -0.39 is 0 Å². The van der Waals surface area contributed by atoms with Crippen molar-refractivity contribution in [3.8, 4) is 0 Å². The van der Waals surface area contributed by atoms with Crippen molar-refractivity contribution in [1.29, 1.82) is 0 Å². The van der Waals surface area contributed by atoms with Crippen molar-refractivity contribution in [1.82, 2.24) is 4.90 Å². The van der Waals surface area contributed by atoms with E-state index in [0.29, 0.717) is 31.2 Å². The molecule has 1 saturated heterocycles. The number of carbonyl (C=O) groups is 1. The number of benzene rings is 1. The van der Waals surface area contributed by atoms with Crippen LogP contribution in [0.5, 0.6) is 0 Å². The van der Waals surface area contributed by atoms with Crippen molar-refractivity contribution in [3.63, 3.8) is 0 Å². The van der Waals surface area contributed by atoms with E-state index in [9.17, 15) is 9.18 Å². The molecule has 17 heavy (non-hydrogen) atoms. The number of amides is 1. The summed E-state index contributed by atoms with van der Waals surface area (Å²) in [5, 5.41) is 0. The maximum absolute atomic E-state index is 13.1. The summed E-state index contributed by atoms with van der Waals surface area (Å²) in [5.41, 5.74) is 0.804. The number of likely N-dealkylation sites (tertiary alicyclic amines) is 1. The molecule has 1 aromatic rings. The molecular weight excluding hydrogens is 305 g/mol. The van der Waals surface area contributed by atoms with E-state index in [1.54, 1.807) is 11.0 Å². The van der Waals surface area contributed by atoms with Gasteiger partial charge in [-0.1, -0.05) is 15.9 Å². The highest BCUT2D eigenvalue weighted by atomic mass is 79.9. The zero-order valence-corrected chi connectivity index (χ0v) is 11.7. The molecule has 1 aliphatic rings. The number of rotatable bonds is 3. The first-order valence-corrected chi connectivity index (χ1v) is 6.85. The zero-order valence-electron chi connectivity index (χ0n) is 9.20. The van der Waals surface area contributed by atoms with Gasteiger partial charge in [-0.2, -0.15) is 12.6 Å². The van der Waals surface area contributed by atoms with Gasteiger partial charge >= 0.3 is 0 Å². The van der Waals surface area contributed by atoms with E-state index in [2.05, 4.69) is 28.6 Å². The maximum atomic E-state index is 13.1. The molecule has 1 heterocycles. The predicted octanol–water partition coefficient (Wildman–Crippen LogP) is 2.87. The minimum absolute atomic E-state index is 0.125. The second-order valence-electron chi connectivity index (χ2n) is 4.26. The lowest BCUT2D eigenvalue weighted by molar-refractivity contribution is -0.128. The van der Waals surface area contributed by atoms with Gasteiger partial charge in [-0.15, -0.1) is 0 Å². The summed E-state index contributed by atoms with van der Waals surface area (Å²) in [5.74, 6) is 0.881. The van der Waals surface area contributed by atoms with Crippen LogP contribution in [0.3, 0.4) is 0 Å². The summed E-state index contributed by atoms with van der Waals surface area (Å²) < 4.78 is 14.0. The fourth-order valence-electron chi connectivity index (χ4n) is 2.00. The average Bonchev–Trinajstić information content (AvgIpc) is 2.65. The van der Waals surface area contributed by atoms with Crippen LogP contribution in [0.2, 0.25) is 0 Å². The van der Waals surface area contributed by atoms with E-state index in [0.717, 1.165) is 10.0 Å². The Morgan fingerprint density at radius 1 is 1.53 bits per heavy atom. The Kier molecular flexibility index (Phi) is 4.09. The minimum atomic E-state index is -0.277. The average molecular weight is 318 g/mol. The molecule has 1 amide bonds. The molecule has 1 aliphatic heterocycles. The first-order chi connectivity index (χ1) is 8.10. The van der Waals surface area contributed by atoms with Crippen LogP contribution in [-0.2, 0) is 11.3 Å². The highest BCUT2D eigenvalue weighted by Crippen LogP contribution is 2.24. The molecule has 1 fully saturated rings. The summed E-state index contributed by atoms with van der Waals surface area (Å²) >= 11 is 7.58. The van der Waals surface area contributed by atoms with Gasteiger partial charge < -0.3 is 4.90 Å². The molecule has 0 spiro atoms. The molecule has 0 bridgehead atoms. The van der Waals surface area contributed by atoms with Crippen LogP contribution in [0.15, 0.2) is 22.7 Å². The molecule has 2 nitrogen and oxygen atoms in total. The smallest absolute Gasteiger partial charge is 0.223 e.